The highest BCUT2D eigenvalue weighted by Gasteiger charge is 2.29. The summed E-state index contributed by atoms with van der Waals surface area (Å²) in [5.41, 5.74) is 0. The lowest BCUT2D eigenvalue weighted by Crippen LogP contribution is -2.54. The number of hydrogen-bond donors (Lipinski definition) is 4. The van der Waals surface area contributed by atoms with Crippen LogP contribution >= 0.6 is 0 Å². The second-order valence-electron chi connectivity index (χ2n) is 8.48. The van der Waals surface area contributed by atoms with Crippen molar-refractivity contribution in [2.45, 2.75) is 12.1 Å². The van der Waals surface area contributed by atoms with E-state index < -0.39 is 29.9 Å². The smallest absolute Gasteiger partial charge is 0.317 e. The molecule has 194 valence electrons. The molecule has 2 fully saturated rings. The highest BCUT2D eigenvalue weighted by molar-refractivity contribution is 5.70. The van der Waals surface area contributed by atoms with Gasteiger partial charge in [0.2, 0.25) is 0 Å². The Hall–Kier alpha value is -2.36. The third-order valence-corrected chi connectivity index (χ3v) is 5.59. The van der Waals surface area contributed by atoms with Crippen LogP contribution in [0.15, 0.2) is 0 Å². The molecule has 4 N–H and O–H groups in total. The van der Waals surface area contributed by atoms with Gasteiger partial charge in [-0.1, -0.05) is 0 Å². The molecule has 0 radical (unpaired) electrons. The Bertz CT molecular complexity index is 705. The molecular formula is C20H34N4O10. The molecule has 2 rings (SSSR count). The Balaban J connectivity index is 2.23. The van der Waals surface area contributed by atoms with Crippen molar-refractivity contribution in [3.8, 4) is 0 Å². The summed E-state index contributed by atoms with van der Waals surface area (Å²) in [7, 11) is 0. The molecular weight excluding hydrogens is 456 g/mol. The van der Waals surface area contributed by atoms with Crippen molar-refractivity contribution in [3.63, 3.8) is 0 Å². The molecule has 2 heterocycles. The highest BCUT2D eigenvalue weighted by Crippen LogP contribution is 2.12. The van der Waals surface area contributed by atoms with Gasteiger partial charge in [-0.25, -0.2) is 0 Å². The topological polar surface area (TPSA) is 184 Å². The van der Waals surface area contributed by atoms with Crippen LogP contribution in [-0.2, 0) is 28.7 Å². The van der Waals surface area contributed by atoms with Crippen LogP contribution in [0.1, 0.15) is 0 Å². The van der Waals surface area contributed by atoms with E-state index in [1.165, 1.54) is 0 Å². The standard InChI is InChI=1S/C20H34N4O10/c25-17(26)8-21-1-2-22(9-18(27)28)5-6-24(11-20(31)32)15(12-33-13-16-14-34-16)7-23(4-3-21)10-19(29)30/h15-16H,1-14H2,(H,25,26)(H,27,28)(H,29,30)(H,31,32). The van der Waals surface area contributed by atoms with Gasteiger partial charge in [-0.05, 0) is 0 Å². The van der Waals surface area contributed by atoms with Crippen LogP contribution in [0.3, 0.4) is 0 Å². The van der Waals surface area contributed by atoms with E-state index in [1.54, 1.807) is 19.6 Å². The maximum Gasteiger partial charge on any atom is 0.317 e. The molecule has 0 aromatic heterocycles. The molecule has 2 aliphatic heterocycles. The summed E-state index contributed by atoms with van der Waals surface area (Å²) in [6, 6.07) is -0.478. The molecule has 2 aliphatic rings. The van der Waals surface area contributed by atoms with Crippen molar-refractivity contribution >= 4 is 23.9 Å². The summed E-state index contributed by atoms with van der Waals surface area (Å²) in [5.74, 6) is -4.20. The first kappa shape index (κ1) is 27.9. The zero-order chi connectivity index (χ0) is 25.1. The van der Waals surface area contributed by atoms with E-state index in [0.29, 0.717) is 13.2 Å². The van der Waals surface area contributed by atoms with Crippen molar-refractivity contribution in [1.82, 2.24) is 19.6 Å². The van der Waals surface area contributed by atoms with Crippen molar-refractivity contribution in [3.05, 3.63) is 0 Å². The monoisotopic (exact) mass is 490 g/mol. The molecule has 0 saturated carbocycles. The minimum atomic E-state index is -1.06. The predicted octanol–water partition coefficient (Wildman–Crippen LogP) is -2.67. The van der Waals surface area contributed by atoms with E-state index in [2.05, 4.69) is 0 Å². The summed E-state index contributed by atoms with van der Waals surface area (Å²) in [4.78, 5) is 52.2. The van der Waals surface area contributed by atoms with Crippen molar-refractivity contribution in [2.75, 3.05) is 91.8 Å². The number of ether oxygens (including phenoxy) is 2. The second kappa shape index (κ2) is 14.1. The Morgan fingerprint density at radius 2 is 1.12 bits per heavy atom. The number of hydrogen-bond acceptors (Lipinski definition) is 10. The van der Waals surface area contributed by atoms with E-state index >= 15 is 0 Å². The average Bonchev–Trinajstić information content (AvgIpc) is 3.53. The molecule has 0 spiro atoms. The van der Waals surface area contributed by atoms with Crippen LogP contribution in [0.4, 0.5) is 0 Å². The number of carboxylic acid groups (broad SMARTS) is 4. The average molecular weight is 491 g/mol. The first-order chi connectivity index (χ1) is 16.1. The third kappa shape index (κ3) is 11.7. The molecule has 34 heavy (non-hydrogen) atoms. The molecule has 2 unspecified atom stereocenters. The van der Waals surface area contributed by atoms with Crippen LogP contribution in [-0.4, -0.2) is 168 Å². The summed E-state index contributed by atoms with van der Waals surface area (Å²) >= 11 is 0. The van der Waals surface area contributed by atoms with Crippen molar-refractivity contribution in [2.24, 2.45) is 0 Å². The molecule has 0 aromatic rings. The third-order valence-electron chi connectivity index (χ3n) is 5.59. The fraction of sp³-hybridized carbons (Fsp3) is 0.800. The van der Waals surface area contributed by atoms with Crippen molar-refractivity contribution < 1.29 is 49.1 Å². The maximum absolute atomic E-state index is 11.6. The second-order valence-corrected chi connectivity index (χ2v) is 8.48. The lowest BCUT2D eigenvalue weighted by atomic mass is 10.2. The van der Waals surface area contributed by atoms with E-state index in [0.717, 1.165) is 0 Å². The number of carbonyl (C=O) groups is 4. The summed E-state index contributed by atoms with van der Waals surface area (Å²) < 4.78 is 10.9. The molecule has 14 nitrogen and oxygen atoms in total. The lowest BCUT2D eigenvalue weighted by Gasteiger charge is -2.37. The summed E-state index contributed by atoms with van der Waals surface area (Å²) in [5, 5.41) is 37.3. The number of rotatable bonds is 12. The van der Waals surface area contributed by atoms with Gasteiger partial charge >= 0.3 is 23.9 Å². The zero-order valence-electron chi connectivity index (χ0n) is 19.1. The molecule has 0 aromatic carbocycles. The van der Waals surface area contributed by atoms with Gasteiger partial charge in [0.15, 0.2) is 0 Å². The van der Waals surface area contributed by atoms with Gasteiger partial charge in [-0.15, -0.1) is 0 Å². The van der Waals surface area contributed by atoms with Crippen molar-refractivity contribution in [1.29, 1.82) is 0 Å². The van der Waals surface area contributed by atoms with Crippen LogP contribution in [0, 0.1) is 0 Å². The number of aliphatic carboxylic acids is 4. The SMILES string of the molecule is O=C(O)CN1CCN(CC(=O)O)CCN(CC(=O)O)C(COCC2CO2)CN(CC(=O)O)CC1. The van der Waals surface area contributed by atoms with E-state index in [-0.39, 0.29) is 84.7 Å². The normalized spacial score (nSPS) is 24.1. The van der Waals surface area contributed by atoms with Gasteiger partial charge in [0.05, 0.1) is 46.0 Å². The first-order valence-corrected chi connectivity index (χ1v) is 11.1. The Kier molecular flexibility index (Phi) is 11.6. The number of nitrogens with zero attached hydrogens (tertiary/aromatic N) is 4. The van der Waals surface area contributed by atoms with Gasteiger partial charge in [0.25, 0.3) is 0 Å². The van der Waals surface area contributed by atoms with Crippen LogP contribution < -0.4 is 0 Å². The van der Waals surface area contributed by atoms with Gasteiger partial charge in [0, 0.05) is 51.9 Å². The molecule has 2 atom stereocenters. The minimum absolute atomic E-state index is 0.00456. The number of carboxylic acids is 4. The largest absolute Gasteiger partial charge is 0.480 e. The molecule has 14 heteroatoms. The van der Waals surface area contributed by atoms with Crippen LogP contribution in [0.2, 0.25) is 0 Å². The van der Waals surface area contributed by atoms with Gasteiger partial charge in [0.1, 0.15) is 6.10 Å². The maximum atomic E-state index is 11.6. The molecule has 0 aliphatic carbocycles. The fourth-order valence-corrected chi connectivity index (χ4v) is 3.82. The number of epoxide rings is 1. The Morgan fingerprint density at radius 1 is 0.676 bits per heavy atom. The quantitative estimate of drug-likeness (QED) is 0.208. The molecule has 2 saturated heterocycles. The van der Waals surface area contributed by atoms with Crippen LogP contribution in [0.25, 0.3) is 0 Å². The van der Waals surface area contributed by atoms with Crippen LogP contribution in [0.5, 0.6) is 0 Å². The molecule has 0 amide bonds. The van der Waals surface area contributed by atoms with Gasteiger partial charge in [-0.2, -0.15) is 0 Å². The zero-order valence-corrected chi connectivity index (χ0v) is 19.1. The summed E-state index contributed by atoms with van der Waals surface area (Å²) in [6.45, 7) is 1.59. The van der Waals surface area contributed by atoms with E-state index in [9.17, 15) is 39.6 Å². The van der Waals surface area contributed by atoms with E-state index in [4.69, 9.17) is 9.47 Å². The summed E-state index contributed by atoms with van der Waals surface area (Å²) in [6.07, 6.45) is 0.00456. The predicted molar refractivity (Wildman–Crippen MR) is 116 cm³/mol. The first-order valence-electron chi connectivity index (χ1n) is 11.1. The Labute approximate surface area is 197 Å². The lowest BCUT2D eigenvalue weighted by molar-refractivity contribution is -0.142. The Morgan fingerprint density at radius 3 is 1.59 bits per heavy atom. The van der Waals surface area contributed by atoms with Gasteiger partial charge < -0.3 is 29.9 Å². The minimum Gasteiger partial charge on any atom is -0.480 e. The highest BCUT2D eigenvalue weighted by atomic mass is 16.6. The molecule has 0 bridgehead atoms. The van der Waals surface area contributed by atoms with E-state index in [1.807, 2.05) is 0 Å². The fourth-order valence-electron chi connectivity index (χ4n) is 3.82. The van der Waals surface area contributed by atoms with Gasteiger partial charge in [-0.3, -0.25) is 38.8 Å².